The van der Waals surface area contributed by atoms with Gasteiger partial charge in [-0.15, -0.1) is 0 Å². The van der Waals surface area contributed by atoms with Crippen LogP contribution in [0.1, 0.15) is 31.2 Å². The largest absolute Gasteiger partial charge is 0.352 e. The van der Waals surface area contributed by atoms with E-state index in [0.717, 1.165) is 51.9 Å². The molecule has 4 nitrogen and oxygen atoms in total. The van der Waals surface area contributed by atoms with Crippen LogP contribution in [0.25, 0.3) is 0 Å². The maximum Gasteiger partial charge on any atom is 0.237 e. The lowest BCUT2D eigenvalue weighted by Gasteiger charge is -2.28. The molecule has 1 amide bonds. The number of amides is 1. The Balaban J connectivity index is 1.56. The minimum atomic E-state index is 0.0556. The molecule has 2 fully saturated rings. The van der Waals surface area contributed by atoms with Crippen LogP contribution in [0.4, 0.5) is 0 Å². The maximum atomic E-state index is 12.5. The lowest BCUT2D eigenvalue weighted by Crippen LogP contribution is -2.49. The van der Waals surface area contributed by atoms with E-state index in [1.54, 1.807) is 0 Å². The summed E-state index contributed by atoms with van der Waals surface area (Å²) in [5.41, 5.74) is 1.29. The van der Waals surface area contributed by atoms with E-state index in [-0.39, 0.29) is 11.9 Å². The molecule has 1 atom stereocenters. The van der Waals surface area contributed by atoms with E-state index >= 15 is 0 Å². The quantitative estimate of drug-likeness (QED) is 0.882. The Bertz CT molecular complexity index is 456. The predicted molar refractivity (Wildman–Crippen MR) is 83.9 cm³/mol. The van der Waals surface area contributed by atoms with Crippen LogP contribution in [0.15, 0.2) is 30.3 Å². The van der Waals surface area contributed by atoms with Crippen LogP contribution in [-0.4, -0.2) is 42.5 Å². The van der Waals surface area contributed by atoms with Gasteiger partial charge in [-0.2, -0.15) is 0 Å². The van der Waals surface area contributed by atoms with Crippen molar-refractivity contribution in [2.45, 2.75) is 44.3 Å². The zero-order valence-electron chi connectivity index (χ0n) is 12.6. The normalized spacial score (nSPS) is 24.1. The van der Waals surface area contributed by atoms with Gasteiger partial charge in [0.25, 0.3) is 0 Å². The highest BCUT2D eigenvalue weighted by molar-refractivity contribution is 5.82. The van der Waals surface area contributed by atoms with Crippen LogP contribution < -0.4 is 10.6 Å². The zero-order valence-corrected chi connectivity index (χ0v) is 12.6. The number of benzene rings is 1. The summed E-state index contributed by atoms with van der Waals surface area (Å²) in [6, 6.07) is 10.9. The van der Waals surface area contributed by atoms with Crippen molar-refractivity contribution in [3.8, 4) is 0 Å². The molecule has 2 aliphatic rings. The fraction of sp³-hybridized carbons (Fsp3) is 0.588. The lowest BCUT2D eigenvalue weighted by molar-refractivity contribution is -0.126. The molecule has 0 radical (unpaired) electrons. The Hall–Kier alpha value is -1.39. The SMILES string of the molecule is O=C(NC1CCNCC1)C1CCCN1Cc1ccccc1. The molecule has 1 aromatic rings. The van der Waals surface area contributed by atoms with E-state index in [1.807, 2.05) is 6.07 Å². The van der Waals surface area contributed by atoms with Gasteiger partial charge in [0.1, 0.15) is 0 Å². The van der Waals surface area contributed by atoms with Crippen molar-refractivity contribution in [2.75, 3.05) is 19.6 Å². The van der Waals surface area contributed by atoms with Gasteiger partial charge in [-0.25, -0.2) is 0 Å². The first kappa shape index (κ1) is 14.5. The Morgan fingerprint density at radius 3 is 2.71 bits per heavy atom. The molecule has 0 saturated carbocycles. The molecule has 2 aliphatic heterocycles. The summed E-state index contributed by atoms with van der Waals surface area (Å²) in [5.74, 6) is 0.232. The Labute approximate surface area is 126 Å². The molecule has 0 bridgehead atoms. The second-order valence-electron chi connectivity index (χ2n) is 6.15. The highest BCUT2D eigenvalue weighted by atomic mass is 16.2. The van der Waals surface area contributed by atoms with Crippen molar-refractivity contribution in [1.29, 1.82) is 0 Å². The fourth-order valence-electron chi connectivity index (χ4n) is 3.39. The number of nitrogens with zero attached hydrogens (tertiary/aromatic N) is 1. The Morgan fingerprint density at radius 1 is 1.19 bits per heavy atom. The number of hydrogen-bond acceptors (Lipinski definition) is 3. The van der Waals surface area contributed by atoms with Gasteiger partial charge in [0.2, 0.25) is 5.91 Å². The first-order chi connectivity index (χ1) is 10.3. The minimum Gasteiger partial charge on any atom is -0.352 e. The van der Waals surface area contributed by atoms with E-state index in [1.165, 1.54) is 5.56 Å². The number of hydrogen-bond donors (Lipinski definition) is 2. The maximum absolute atomic E-state index is 12.5. The molecule has 2 N–H and O–H groups in total. The van der Waals surface area contributed by atoms with Gasteiger partial charge in [0, 0.05) is 12.6 Å². The van der Waals surface area contributed by atoms with E-state index in [9.17, 15) is 4.79 Å². The van der Waals surface area contributed by atoms with Crippen LogP contribution >= 0.6 is 0 Å². The highest BCUT2D eigenvalue weighted by Crippen LogP contribution is 2.20. The van der Waals surface area contributed by atoms with E-state index < -0.39 is 0 Å². The summed E-state index contributed by atoms with van der Waals surface area (Å²) in [6.45, 7) is 3.94. The lowest BCUT2D eigenvalue weighted by atomic mass is 10.1. The van der Waals surface area contributed by atoms with E-state index in [4.69, 9.17) is 0 Å². The van der Waals surface area contributed by atoms with Crippen molar-refractivity contribution in [1.82, 2.24) is 15.5 Å². The first-order valence-corrected chi connectivity index (χ1v) is 8.12. The van der Waals surface area contributed by atoms with Crippen molar-refractivity contribution in [2.24, 2.45) is 0 Å². The number of piperidine rings is 1. The van der Waals surface area contributed by atoms with E-state index in [2.05, 4.69) is 39.8 Å². The van der Waals surface area contributed by atoms with Crippen LogP contribution in [-0.2, 0) is 11.3 Å². The second-order valence-corrected chi connectivity index (χ2v) is 6.15. The van der Waals surface area contributed by atoms with Gasteiger partial charge < -0.3 is 10.6 Å². The van der Waals surface area contributed by atoms with Crippen LogP contribution in [0.5, 0.6) is 0 Å². The summed E-state index contributed by atoms with van der Waals surface area (Å²) < 4.78 is 0. The summed E-state index contributed by atoms with van der Waals surface area (Å²) >= 11 is 0. The van der Waals surface area contributed by atoms with Crippen LogP contribution in [0.3, 0.4) is 0 Å². The smallest absolute Gasteiger partial charge is 0.237 e. The second kappa shape index (κ2) is 7.05. The van der Waals surface area contributed by atoms with Gasteiger partial charge in [-0.3, -0.25) is 9.69 Å². The van der Waals surface area contributed by atoms with Gasteiger partial charge in [-0.1, -0.05) is 30.3 Å². The van der Waals surface area contributed by atoms with Crippen molar-refractivity contribution >= 4 is 5.91 Å². The van der Waals surface area contributed by atoms with Gasteiger partial charge in [-0.05, 0) is 50.9 Å². The Kier molecular flexibility index (Phi) is 4.88. The monoisotopic (exact) mass is 287 g/mol. The van der Waals surface area contributed by atoms with Gasteiger partial charge >= 0.3 is 0 Å². The summed E-state index contributed by atoms with van der Waals surface area (Å²) in [7, 11) is 0. The number of rotatable bonds is 4. The fourth-order valence-corrected chi connectivity index (χ4v) is 3.39. The third kappa shape index (κ3) is 3.83. The molecule has 2 saturated heterocycles. The van der Waals surface area contributed by atoms with E-state index in [0.29, 0.717) is 6.04 Å². The van der Waals surface area contributed by atoms with Gasteiger partial charge in [0.05, 0.1) is 6.04 Å². The Morgan fingerprint density at radius 2 is 1.95 bits per heavy atom. The number of likely N-dealkylation sites (tertiary alicyclic amines) is 1. The number of carbonyl (C=O) groups excluding carboxylic acids is 1. The zero-order chi connectivity index (χ0) is 14.5. The molecule has 0 aromatic heterocycles. The third-order valence-corrected chi connectivity index (χ3v) is 4.58. The van der Waals surface area contributed by atoms with Crippen molar-refractivity contribution < 1.29 is 4.79 Å². The van der Waals surface area contributed by atoms with Crippen LogP contribution in [0, 0.1) is 0 Å². The van der Waals surface area contributed by atoms with Crippen molar-refractivity contribution in [3.63, 3.8) is 0 Å². The summed E-state index contributed by atoms with van der Waals surface area (Å²) in [4.78, 5) is 14.9. The van der Waals surface area contributed by atoms with Crippen LogP contribution in [0.2, 0.25) is 0 Å². The van der Waals surface area contributed by atoms with Gasteiger partial charge in [0.15, 0.2) is 0 Å². The molecule has 114 valence electrons. The molecule has 2 heterocycles. The molecule has 0 aliphatic carbocycles. The number of carbonyl (C=O) groups is 1. The molecule has 4 heteroatoms. The predicted octanol–water partition coefficient (Wildman–Crippen LogP) is 1.52. The molecule has 0 spiro atoms. The summed E-state index contributed by atoms with van der Waals surface area (Å²) in [5, 5.41) is 6.59. The standard InChI is InChI=1S/C17H25N3O/c21-17(19-15-8-10-18-11-9-15)16-7-4-12-20(16)13-14-5-2-1-3-6-14/h1-3,5-6,15-16,18H,4,7-13H2,(H,19,21). The average molecular weight is 287 g/mol. The molecule has 3 rings (SSSR count). The summed E-state index contributed by atoms with van der Waals surface area (Å²) in [6.07, 6.45) is 4.22. The molecule has 1 unspecified atom stereocenters. The van der Waals surface area contributed by atoms with Crippen molar-refractivity contribution in [3.05, 3.63) is 35.9 Å². The average Bonchev–Trinajstić information content (AvgIpc) is 2.97. The molecular weight excluding hydrogens is 262 g/mol. The first-order valence-electron chi connectivity index (χ1n) is 8.12. The third-order valence-electron chi connectivity index (χ3n) is 4.58. The molecular formula is C17H25N3O. The molecule has 21 heavy (non-hydrogen) atoms. The number of nitrogens with one attached hydrogen (secondary N) is 2. The highest BCUT2D eigenvalue weighted by Gasteiger charge is 2.31. The molecule has 1 aromatic carbocycles. The minimum absolute atomic E-state index is 0.0556. The topological polar surface area (TPSA) is 44.4 Å².